The Balaban J connectivity index is 1.67. The van der Waals surface area contributed by atoms with Gasteiger partial charge >= 0.3 is 0 Å². The van der Waals surface area contributed by atoms with E-state index in [-0.39, 0.29) is 18.0 Å². The smallest absolute Gasteiger partial charge is 0.214 e. The summed E-state index contributed by atoms with van der Waals surface area (Å²) in [6, 6.07) is 6.82. The molecule has 1 aromatic carbocycles. The summed E-state index contributed by atoms with van der Waals surface area (Å²) in [4.78, 5) is 2.84. The lowest BCUT2D eigenvalue weighted by atomic mass is 10.0. The van der Waals surface area contributed by atoms with Crippen molar-refractivity contribution in [2.75, 3.05) is 39.8 Å². The molecule has 8 heteroatoms. The third-order valence-corrected chi connectivity index (χ3v) is 5.59. The van der Waals surface area contributed by atoms with E-state index < -0.39 is 0 Å². The minimum atomic E-state index is -0.194. The van der Waals surface area contributed by atoms with Gasteiger partial charge < -0.3 is 14.5 Å². The van der Waals surface area contributed by atoms with Crippen LogP contribution in [0.4, 0.5) is 4.39 Å². The highest BCUT2D eigenvalue weighted by Gasteiger charge is 2.36. The van der Waals surface area contributed by atoms with Crippen LogP contribution in [-0.2, 0) is 11.3 Å². The van der Waals surface area contributed by atoms with Gasteiger partial charge in [-0.1, -0.05) is 12.1 Å². The first-order valence-electron chi connectivity index (χ1n) is 9.50. The quantitative estimate of drug-likeness (QED) is 0.679. The van der Waals surface area contributed by atoms with Crippen LogP contribution in [-0.4, -0.2) is 66.1 Å². The van der Waals surface area contributed by atoms with Crippen molar-refractivity contribution in [3.63, 3.8) is 0 Å². The number of tetrazole rings is 1. The molecule has 7 nitrogen and oxygen atoms in total. The number of hydrogen-bond acceptors (Lipinski definition) is 4. The maximum atomic E-state index is 14.7. The highest BCUT2D eigenvalue weighted by Crippen LogP contribution is 2.21. The first-order valence-corrected chi connectivity index (χ1v) is 9.50. The molecule has 0 aliphatic carbocycles. The number of hydrogen-bond donors (Lipinski definition) is 2. The fourth-order valence-electron chi connectivity index (χ4n) is 4.07. The van der Waals surface area contributed by atoms with Gasteiger partial charge in [-0.25, -0.2) is 9.07 Å². The number of halogens is 1. The zero-order valence-electron chi connectivity index (χ0n) is 15.2. The van der Waals surface area contributed by atoms with Gasteiger partial charge in [0.15, 0.2) is 6.04 Å². The van der Waals surface area contributed by atoms with Crippen molar-refractivity contribution in [2.45, 2.75) is 31.5 Å². The van der Waals surface area contributed by atoms with E-state index in [4.69, 9.17) is 4.74 Å². The molecule has 2 fully saturated rings. The van der Waals surface area contributed by atoms with E-state index in [1.165, 1.54) is 15.9 Å². The molecule has 0 amide bonds. The molecule has 4 rings (SSSR count). The van der Waals surface area contributed by atoms with Gasteiger partial charge in [0.25, 0.3) is 0 Å². The molecule has 2 atom stereocenters. The van der Waals surface area contributed by atoms with Crippen molar-refractivity contribution in [3.05, 3.63) is 41.5 Å². The average Bonchev–Trinajstić information content (AvgIpc) is 3.31. The van der Waals surface area contributed by atoms with Gasteiger partial charge in [-0.15, -0.1) is 5.10 Å². The van der Waals surface area contributed by atoms with Gasteiger partial charge in [0.2, 0.25) is 5.82 Å². The Hall–Kier alpha value is -1.90. The predicted octanol–water partition coefficient (Wildman–Crippen LogP) is -1.51. The van der Waals surface area contributed by atoms with Crippen molar-refractivity contribution < 1.29 is 18.9 Å². The zero-order chi connectivity index (χ0) is 17.9. The predicted molar refractivity (Wildman–Crippen MR) is 92.4 cm³/mol. The second kappa shape index (κ2) is 7.77. The number of nitrogens with one attached hydrogen (secondary N) is 2. The zero-order valence-corrected chi connectivity index (χ0v) is 15.2. The summed E-state index contributed by atoms with van der Waals surface area (Å²) in [6.07, 6.45) is 2.24. The van der Waals surface area contributed by atoms with Crippen molar-refractivity contribution >= 4 is 0 Å². The number of aromatic nitrogens is 4. The van der Waals surface area contributed by atoms with Gasteiger partial charge in [0.1, 0.15) is 32.0 Å². The molecule has 1 aromatic heterocycles. The van der Waals surface area contributed by atoms with Crippen LogP contribution in [0.2, 0.25) is 0 Å². The monoisotopic (exact) mass is 362 g/mol. The second-order valence-corrected chi connectivity index (χ2v) is 7.42. The number of nitrogens with zero attached hydrogens (tertiary/aromatic N) is 4. The van der Waals surface area contributed by atoms with Crippen molar-refractivity contribution in [1.29, 1.82) is 0 Å². The lowest BCUT2D eigenvalue weighted by Gasteiger charge is -2.33. The van der Waals surface area contributed by atoms with Crippen LogP contribution in [0.15, 0.2) is 24.3 Å². The first kappa shape index (κ1) is 17.5. The van der Waals surface area contributed by atoms with E-state index in [0.717, 1.165) is 51.5 Å². The Kier molecular flexibility index (Phi) is 5.23. The number of benzene rings is 1. The van der Waals surface area contributed by atoms with Gasteiger partial charge in [0.05, 0.1) is 25.3 Å². The van der Waals surface area contributed by atoms with Crippen LogP contribution in [0.3, 0.4) is 0 Å². The number of ether oxygens (including phenoxy) is 1. The van der Waals surface area contributed by atoms with Crippen LogP contribution >= 0.6 is 0 Å². The summed E-state index contributed by atoms with van der Waals surface area (Å²) in [5.74, 6) is 0.545. The Morgan fingerprint density at radius 1 is 1.27 bits per heavy atom. The lowest BCUT2D eigenvalue weighted by Crippen LogP contribution is -3.27. The summed E-state index contributed by atoms with van der Waals surface area (Å²) in [7, 11) is 2.20. The molecule has 140 valence electrons. The third-order valence-electron chi connectivity index (χ3n) is 5.59. The van der Waals surface area contributed by atoms with Crippen molar-refractivity contribution in [1.82, 2.24) is 20.2 Å². The Labute approximate surface area is 152 Å². The van der Waals surface area contributed by atoms with Crippen LogP contribution in [0.25, 0.3) is 0 Å². The van der Waals surface area contributed by atoms with Crippen LogP contribution in [0.1, 0.15) is 30.3 Å². The van der Waals surface area contributed by atoms with Crippen LogP contribution in [0, 0.1) is 5.82 Å². The maximum absolute atomic E-state index is 14.7. The molecule has 2 saturated heterocycles. The molecular formula is C18H27FN6O+2. The first-order chi connectivity index (χ1) is 12.7. The van der Waals surface area contributed by atoms with Gasteiger partial charge in [-0.05, 0) is 35.4 Å². The molecule has 0 saturated carbocycles. The minimum Gasteiger partial charge on any atom is -0.376 e. The van der Waals surface area contributed by atoms with E-state index in [0.29, 0.717) is 12.1 Å². The van der Waals surface area contributed by atoms with Gasteiger partial charge in [0, 0.05) is 6.61 Å². The fourth-order valence-corrected chi connectivity index (χ4v) is 4.07. The molecule has 0 radical (unpaired) electrons. The largest absolute Gasteiger partial charge is 0.376 e. The second-order valence-electron chi connectivity index (χ2n) is 7.42. The summed E-state index contributed by atoms with van der Waals surface area (Å²) < 4.78 is 22.3. The van der Waals surface area contributed by atoms with E-state index in [2.05, 4.69) is 22.6 Å². The third kappa shape index (κ3) is 3.62. The molecule has 26 heavy (non-hydrogen) atoms. The summed E-state index contributed by atoms with van der Waals surface area (Å²) in [6.45, 7) is 5.49. The summed E-state index contributed by atoms with van der Waals surface area (Å²) in [5, 5.41) is 12.4. The summed E-state index contributed by atoms with van der Waals surface area (Å²) >= 11 is 0. The van der Waals surface area contributed by atoms with Crippen LogP contribution < -0.4 is 9.80 Å². The van der Waals surface area contributed by atoms with Crippen molar-refractivity contribution in [3.8, 4) is 0 Å². The fraction of sp³-hybridized carbons (Fsp3) is 0.611. The van der Waals surface area contributed by atoms with E-state index in [9.17, 15) is 4.39 Å². The lowest BCUT2D eigenvalue weighted by molar-refractivity contribution is -1.02. The Bertz CT molecular complexity index is 724. The molecule has 0 bridgehead atoms. The molecule has 3 heterocycles. The highest BCUT2D eigenvalue weighted by atomic mass is 19.1. The van der Waals surface area contributed by atoms with Gasteiger partial charge in [-0.2, -0.15) is 0 Å². The number of quaternary nitrogens is 2. The molecule has 2 N–H and O–H groups in total. The van der Waals surface area contributed by atoms with Crippen LogP contribution in [0.5, 0.6) is 0 Å². The van der Waals surface area contributed by atoms with Crippen molar-refractivity contribution in [2.24, 2.45) is 0 Å². The van der Waals surface area contributed by atoms with E-state index >= 15 is 0 Å². The Morgan fingerprint density at radius 2 is 2.08 bits per heavy atom. The SMILES string of the molecule is C[NH+]1CC[NH+]([C@@H](c2ccccc2F)c2nnnn2C[C@@H]2CCCO2)CC1. The van der Waals surface area contributed by atoms with E-state index in [1.54, 1.807) is 6.07 Å². The normalized spacial score (nSPS) is 27.5. The molecule has 2 aromatic rings. The highest BCUT2D eigenvalue weighted by molar-refractivity contribution is 5.24. The van der Waals surface area contributed by atoms with E-state index in [1.807, 2.05) is 16.8 Å². The number of rotatable bonds is 5. The maximum Gasteiger partial charge on any atom is 0.214 e. The molecule has 0 unspecified atom stereocenters. The average molecular weight is 362 g/mol. The topological polar surface area (TPSA) is 61.7 Å². The molecule has 2 aliphatic rings. The molecular weight excluding hydrogens is 335 g/mol. The van der Waals surface area contributed by atoms with Gasteiger partial charge in [-0.3, -0.25) is 0 Å². The molecule has 0 spiro atoms. The Morgan fingerprint density at radius 3 is 2.81 bits per heavy atom. The minimum absolute atomic E-state index is 0.144. The number of piperazine rings is 1. The number of likely N-dealkylation sites (N-methyl/N-ethyl adjacent to an activating group) is 1. The molecule has 2 aliphatic heterocycles. The summed E-state index contributed by atoms with van der Waals surface area (Å²) in [5.41, 5.74) is 0.672. The standard InChI is InChI=1S/C18H25FN6O/c1-23-8-10-24(11-9-23)17(15-6-2-3-7-16(15)19)18-20-21-22-25(18)13-14-5-4-12-26-14/h2-3,6-7,14,17H,4-5,8-13H2,1H3/p+2/t14-,17-/m0/s1.